The largest absolute Gasteiger partial charge is 0.312 e. The maximum atomic E-state index is 3.68. The predicted molar refractivity (Wildman–Crippen MR) is 80.1 cm³/mol. The minimum Gasteiger partial charge on any atom is -0.312 e. The van der Waals surface area contributed by atoms with Crippen molar-refractivity contribution in [3.63, 3.8) is 0 Å². The molecule has 18 heavy (non-hydrogen) atoms. The lowest BCUT2D eigenvalue weighted by Gasteiger charge is -2.34. The summed E-state index contributed by atoms with van der Waals surface area (Å²) in [6.45, 7) is 9.18. The van der Waals surface area contributed by atoms with Gasteiger partial charge in [0.1, 0.15) is 0 Å². The lowest BCUT2D eigenvalue weighted by Crippen LogP contribution is -2.45. The van der Waals surface area contributed by atoms with E-state index in [0.29, 0.717) is 12.1 Å². The van der Waals surface area contributed by atoms with Crippen molar-refractivity contribution >= 4 is 11.3 Å². The third-order valence-electron chi connectivity index (χ3n) is 3.74. The Bertz CT molecular complexity index is 330. The molecule has 1 fully saturated rings. The number of hydrogen-bond donors (Lipinski definition) is 1. The first-order valence-corrected chi connectivity index (χ1v) is 8.10. The maximum Gasteiger partial charge on any atom is 0.0334 e. The molecular weight excluding hydrogens is 240 g/mol. The highest BCUT2D eigenvalue weighted by molar-refractivity contribution is 7.09. The van der Waals surface area contributed by atoms with Crippen molar-refractivity contribution in [1.29, 1.82) is 0 Å². The van der Waals surface area contributed by atoms with Gasteiger partial charge in [0.15, 0.2) is 0 Å². The van der Waals surface area contributed by atoms with E-state index in [1.807, 2.05) is 11.3 Å². The van der Waals surface area contributed by atoms with Crippen LogP contribution in [0.3, 0.4) is 0 Å². The van der Waals surface area contributed by atoms with Crippen LogP contribution in [0.15, 0.2) is 17.5 Å². The Balaban J connectivity index is 1.92. The molecule has 1 aromatic heterocycles. The Hall–Kier alpha value is -0.380. The van der Waals surface area contributed by atoms with E-state index in [0.717, 1.165) is 19.1 Å². The van der Waals surface area contributed by atoms with Crippen LogP contribution in [0.5, 0.6) is 0 Å². The number of thiophene rings is 1. The molecule has 1 aromatic rings. The molecule has 1 heterocycles. The van der Waals surface area contributed by atoms with Crippen molar-refractivity contribution in [2.75, 3.05) is 6.54 Å². The summed E-state index contributed by atoms with van der Waals surface area (Å²) in [5.74, 6) is 0. The minimum absolute atomic E-state index is 0.609. The maximum absolute atomic E-state index is 3.68. The summed E-state index contributed by atoms with van der Waals surface area (Å²) in [5.41, 5.74) is 0. The first-order chi connectivity index (χ1) is 8.70. The van der Waals surface area contributed by atoms with Crippen LogP contribution in [-0.4, -0.2) is 29.6 Å². The van der Waals surface area contributed by atoms with E-state index in [1.165, 1.54) is 24.1 Å². The smallest absolute Gasteiger partial charge is 0.0334 e. The van der Waals surface area contributed by atoms with Crippen molar-refractivity contribution in [2.45, 2.75) is 64.7 Å². The molecule has 1 aliphatic rings. The zero-order valence-corrected chi connectivity index (χ0v) is 12.7. The summed E-state index contributed by atoms with van der Waals surface area (Å²) in [6.07, 6.45) is 3.98. The molecular formula is C15H26N2S. The Morgan fingerprint density at radius 1 is 1.44 bits per heavy atom. The quantitative estimate of drug-likeness (QED) is 0.775. The van der Waals surface area contributed by atoms with Gasteiger partial charge in [0.2, 0.25) is 0 Å². The van der Waals surface area contributed by atoms with Crippen molar-refractivity contribution < 1.29 is 0 Å². The van der Waals surface area contributed by atoms with Crippen LogP contribution in [0, 0.1) is 0 Å². The van der Waals surface area contributed by atoms with Crippen LogP contribution in [0.25, 0.3) is 0 Å². The highest BCUT2D eigenvalue weighted by Gasteiger charge is 2.25. The Labute approximate surface area is 115 Å². The molecule has 0 bridgehead atoms. The summed E-state index contributed by atoms with van der Waals surface area (Å²) in [4.78, 5) is 4.12. The minimum atomic E-state index is 0.609. The van der Waals surface area contributed by atoms with E-state index >= 15 is 0 Å². The number of rotatable bonds is 8. The fourth-order valence-corrected chi connectivity index (χ4v) is 3.11. The van der Waals surface area contributed by atoms with Gasteiger partial charge >= 0.3 is 0 Å². The standard InChI is InChI=1S/C15H26N2S/c1-4-14(10-16-13-7-8-13)17(12(2)3)11-15-6-5-9-18-15/h5-6,9,12-14,16H,4,7-8,10-11H2,1-3H3. The van der Waals surface area contributed by atoms with Crippen LogP contribution in [0.1, 0.15) is 44.9 Å². The second-order valence-corrected chi connectivity index (χ2v) is 6.62. The Kier molecular flexibility index (Phi) is 5.22. The van der Waals surface area contributed by atoms with Crippen LogP contribution < -0.4 is 5.32 Å². The molecule has 3 heteroatoms. The fraction of sp³-hybridized carbons (Fsp3) is 0.733. The van der Waals surface area contributed by atoms with Gasteiger partial charge in [0.25, 0.3) is 0 Å². The van der Waals surface area contributed by atoms with E-state index < -0.39 is 0 Å². The van der Waals surface area contributed by atoms with Crippen molar-refractivity contribution in [1.82, 2.24) is 10.2 Å². The Morgan fingerprint density at radius 3 is 2.72 bits per heavy atom. The summed E-state index contributed by atoms with van der Waals surface area (Å²) < 4.78 is 0. The van der Waals surface area contributed by atoms with E-state index in [1.54, 1.807) is 0 Å². The molecule has 0 aliphatic heterocycles. The normalized spacial score (nSPS) is 17.6. The fourth-order valence-electron chi connectivity index (χ4n) is 2.40. The average Bonchev–Trinajstić information content (AvgIpc) is 3.03. The van der Waals surface area contributed by atoms with Crippen LogP contribution in [0.4, 0.5) is 0 Å². The van der Waals surface area contributed by atoms with Crippen molar-refractivity contribution in [3.8, 4) is 0 Å². The number of nitrogens with zero attached hydrogens (tertiary/aromatic N) is 1. The van der Waals surface area contributed by atoms with Crippen LogP contribution in [0.2, 0.25) is 0 Å². The second kappa shape index (κ2) is 6.69. The molecule has 0 aromatic carbocycles. The summed E-state index contributed by atoms with van der Waals surface area (Å²) in [6, 6.07) is 6.49. The number of nitrogens with one attached hydrogen (secondary N) is 1. The topological polar surface area (TPSA) is 15.3 Å². The van der Waals surface area contributed by atoms with Gasteiger partial charge < -0.3 is 5.32 Å². The van der Waals surface area contributed by atoms with Gasteiger partial charge in [-0.2, -0.15) is 0 Å². The molecule has 2 nitrogen and oxygen atoms in total. The van der Waals surface area contributed by atoms with Gasteiger partial charge in [-0.1, -0.05) is 13.0 Å². The van der Waals surface area contributed by atoms with Gasteiger partial charge in [0, 0.05) is 36.1 Å². The summed E-state index contributed by atoms with van der Waals surface area (Å²) >= 11 is 1.87. The van der Waals surface area contributed by atoms with Gasteiger partial charge in [-0.05, 0) is 44.6 Å². The molecule has 0 amide bonds. The average molecular weight is 266 g/mol. The predicted octanol–water partition coefficient (Wildman–Crippen LogP) is 3.49. The lowest BCUT2D eigenvalue weighted by molar-refractivity contribution is 0.138. The molecule has 1 saturated carbocycles. The third-order valence-corrected chi connectivity index (χ3v) is 4.60. The highest BCUT2D eigenvalue weighted by Crippen LogP contribution is 2.21. The van der Waals surface area contributed by atoms with Gasteiger partial charge in [-0.25, -0.2) is 0 Å². The van der Waals surface area contributed by atoms with E-state index in [9.17, 15) is 0 Å². The van der Waals surface area contributed by atoms with Crippen molar-refractivity contribution in [3.05, 3.63) is 22.4 Å². The zero-order chi connectivity index (χ0) is 13.0. The van der Waals surface area contributed by atoms with Crippen LogP contribution >= 0.6 is 11.3 Å². The second-order valence-electron chi connectivity index (χ2n) is 5.59. The third kappa shape index (κ3) is 4.08. The molecule has 0 radical (unpaired) electrons. The van der Waals surface area contributed by atoms with Gasteiger partial charge in [-0.15, -0.1) is 11.3 Å². The molecule has 0 spiro atoms. The molecule has 1 unspecified atom stereocenters. The van der Waals surface area contributed by atoms with Crippen LogP contribution in [-0.2, 0) is 6.54 Å². The summed E-state index contributed by atoms with van der Waals surface area (Å²) in [7, 11) is 0. The zero-order valence-electron chi connectivity index (χ0n) is 11.9. The highest BCUT2D eigenvalue weighted by atomic mass is 32.1. The molecule has 2 rings (SSSR count). The first-order valence-electron chi connectivity index (χ1n) is 7.22. The van der Waals surface area contributed by atoms with Crippen molar-refractivity contribution in [2.24, 2.45) is 0 Å². The summed E-state index contributed by atoms with van der Waals surface area (Å²) in [5, 5.41) is 5.86. The molecule has 1 aliphatic carbocycles. The number of hydrogen-bond acceptors (Lipinski definition) is 3. The Morgan fingerprint density at radius 2 is 2.22 bits per heavy atom. The molecule has 102 valence electrons. The molecule has 1 N–H and O–H groups in total. The van der Waals surface area contributed by atoms with E-state index in [-0.39, 0.29) is 0 Å². The van der Waals surface area contributed by atoms with Gasteiger partial charge in [-0.3, -0.25) is 4.90 Å². The SMILES string of the molecule is CCC(CNC1CC1)N(Cc1cccs1)C(C)C. The molecule has 1 atom stereocenters. The van der Waals surface area contributed by atoms with E-state index in [2.05, 4.69) is 48.5 Å². The molecule has 0 saturated heterocycles. The van der Waals surface area contributed by atoms with Gasteiger partial charge in [0.05, 0.1) is 0 Å². The van der Waals surface area contributed by atoms with E-state index in [4.69, 9.17) is 0 Å². The first kappa shape index (κ1) is 14.0. The monoisotopic (exact) mass is 266 g/mol. The lowest BCUT2D eigenvalue weighted by atomic mass is 10.1.